The first-order valence-corrected chi connectivity index (χ1v) is 7.37. The summed E-state index contributed by atoms with van der Waals surface area (Å²) in [4.78, 5) is 0. The van der Waals surface area contributed by atoms with Gasteiger partial charge in [-0.25, -0.2) is 10.4 Å². The third-order valence-electron chi connectivity index (χ3n) is 3.24. The maximum absolute atomic E-state index is 12.8. The summed E-state index contributed by atoms with van der Waals surface area (Å²) in [5.74, 6) is 0.260. The van der Waals surface area contributed by atoms with Gasteiger partial charge in [-0.1, -0.05) is 27.2 Å². The molecule has 0 aromatic rings. The SMILES string of the molecule is CC.CCCC(O)C1=CC=C(OC)N2NC(C(F)(F)F)C=C12. The second kappa shape index (κ2) is 7.69. The molecule has 0 amide bonds. The normalized spacial score (nSPS) is 21.9. The van der Waals surface area contributed by atoms with Crippen LogP contribution in [0.15, 0.2) is 35.4 Å². The molecule has 2 rings (SSSR count). The van der Waals surface area contributed by atoms with Crippen LogP contribution in [0, 0.1) is 0 Å². The Balaban J connectivity index is 0.00000116. The van der Waals surface area contributed by atoms with Crippen molar-refractivity contribution in [2.45, 2.75) is 51.9 Å². The lowest BCUT2D eigenvalue weighted by molar-refractivity contribution is -0.149. The average molecular weight is 320 g/mol. The maximum Gasteiger partial charge on any atom is 0.409 e. The molecule has 0 saturated heterocycles. The Morgan fingerprint density at radius 3 is 2.50 bits per heavy atom. The third-order valence-corrected chi connectivity index (χ3v) is 3.24. The molecule has 4 nitrogen and oxygen atoms in total. The highest BCUT2D eigenvalue weighted by Gasteiger charge is 2.45. The Labute approximate surface area is 128 Å². The molecule has 2 unspecified atom stereocenters. The predicted molar refractivity (Wildman–Crippen MR) is 78.3 cm³/mol. The Morgan fingerprint density at radius 1 is 1.36 bits per heavy atom. The molecule has 0 aliphatic carbocycles. The predicted octanol–water partition coefficient (Wildman–Crippen LogP) is 3.24. The summed E-state index contributed by atoms with van der Waals surface area (Å²) < 4.78 is 43.5. The van der Waals surface area contributed by atoms with Crippen LogP contribution in [0.5, 0.6) is 0 Å². The highest BCUT2D eigenvalue weighted by atomic mass is 19.4. The molecular formula is C15H23F3N2O2. The summed E-state index contributed by atoms with van der Waals surface area (Å²) >= 11 is 0. The van der Waals surface area contributed by atoms with Gasteiger partial charge in [-0.15, -0.1) is 0 Å². The molecule has 0 bridgehead atoms. The van der Waals surface area contributed by atoms with E-state index in [1.165, 1.54) is 18.2 Å². The van der Waals surface area contributed by atoms with Gasteiger partial charge in [-0.3, -0.25) is 0 Å². The van der Waals surface area contributed by atoms with Gasteiger partial charge in [0, 0.05) is 11.6 Å². The molecule has 2 N–H and O–H groups in total. The lowest BCUT2D eigenvalue weighted by atomic mass is 9.99. The van der Waals surface area contributed by atoms with Crippen molar-refractivity contribution < 1.29 is 23.0 Å². The number of ether oxygens (including phenoxy) is 1. The molecule has 2 aliphatic rings. The van der Waals surface area contributed by atoms with Crippen molar-refractivity contribution >= 4 is 0 Å². The zero-order valence-corrected chi connectivity index (χ0v) is 13.2. The molecule has 2 heterocycles. The minimum Gasteiger partial charge on any atom is -0.481 e. The number of nitrogens with zero attached hydrogens (tertiary/aromatic N) is 1. The van der Waals surface area contributed by atoms with Gasteiger partial charge in [-0.05, 0) is 18.6 Å². The van der Waals surface area contributed by atoms with Crippen molar-refractivity contribution in [3.63, 3.8) is 0 Å². The highest BCUT2D eigenvalue weighted by molar-refractivity contribution is 5.44. The number of aliphatic hydroxyl groups is 1. The van der Waals surface area contributed by atoms with E-state index in [4.69, 9.17) is 4.74 Å². The number of hydrogen-bond acceptors (Lipinski definition) is 4. The fraction of sp³-hybridized carbons (Fsp3) is 0.600. The lowest BCUT2D eigenvalue weighted by Crippen LogP contribution is -2.45. The van der Waals surface area contributed by atoms with Gasteiger partial charge in [-0.2, -0.15) is 13.2 Å². The van der Waals surface area contributed by atoms with Crippen LogP contribution >= 0.6 is 0 Å². The monoisotopic (exact) mass is 320 g/mol. The first-order chi connectivity index (χ1) is 10.4. The van der Waals surface area contributed by atoms with Crippen LogP contribution in [0.4, 0.5) is 13.2 Å². The molecule has 0 saturated carbocycles. The van der Waals surface area contributed by atoms with Crippen molar-refractivity contribution in [3.05, 3.63) is 35.4 Å². The van der Waals surface area contributed by atoms with Crippen LogP contribution in [-0.2, 0) is 4.74 Å². The van der Waals surface area contributed by atoms with E-state index in [0.29, 0.717) is 17.7 Å². The van der Waals surface area contributed by atoms with E-state index >= 15 is 0 Å². The van der Waals surface area contributed by atoms with Gasteiger partial charge in [0.05, 0.1) is 18.9 Å². The smallest absolute Gasteiger partial charge is 0.409 e. The fourth-order valence-electron chi connectivity index (χ4n) is 2.24. The average Bonchev–Trinajstić information content (AvgIpc) is 2.93. The van der Waals surface area contributed by atoms with Crippen LogP contribution in [-0.4, -0.2) is 35.5 Å². The standard InChI is InChI=1S/C13H17F3N2O2.C2H6/c1-3-4-10(19)8-5-6-12(20-2)18-9(8)7-11(17-18)13(14,15)16;1-2/h5-7,10-11,17,19H,3-4H2,1-2H3;1-2H3. The van der Waals surface area contributed by atoms with Crippen molar-refractivity contribution in [2.75, 3.05) is 7.11 Å². The van der Waals surface area contributed by atoms with E-state index in [2.05, 4.69) is 5.43 Å². The molecule has 0 radical (unpaired) electrons. The molecule has 0 fully saturated rings. The molecule has 2 atom stereocenters. The molecule has 126 valence electrons. The largest absolute Gasteiger partial charge is 0.481 e. The number of fused-ring (bicyclic) bond motifs is 1. The summed E-state index contributed by atoms with van der Waals surface area (Å²) in [6, 6.07) is -1.79. The highest BCUT2D eigenvalue weighted by Crippen LogP contribution is 2.35. The Kier molecular flexibility index (Phi) is 6.49. The number of hydrazine groups is 1. The van der Waals surface area contributed by atoms with Crippen molar-refractivity contribution in [2.24, 2.45) is 0 Å². The molecule has 0 aromatic heterocycles. The maximum atomic E-state index is 12.8. The lowest BCUT2D eigenvalue weighted by Gasteiger charge is -2.30. The van der Waals surface area contributed by atoms with Crippen molar-refractivity contribution in [3.8, 4) is 0 Å². The fourth-order valence-corrected chi connectivity index (χ4v) is 2.24. The summed E-state index contributed by atoms with van der Waals surface area (Å²) in [5, 5.41) is 11.3. The number of halogens is 3. The van der Waals surface area contributed by atoms with Gasteiger partial charge in [0.1, 0.15) is 6.04 Å². The van der Waals surface area contributed by atoms with Gasteiger partial charge < -0.3 is 9.84 Å². The number of methoxy groups -OCH3 is 1. The van der Waals surface area contributed by atoms with Crippen LogP contribution in [0.2, 0.25) is 0 Å². The minimum absolute atomic E-state index is 0.260. The van der Waals surface area contributed by atoms with Crippen LogP contribution in [0.25, 0.3) is 0 Å². The van der Waals surface area contributed by atoms with E-state index in [-0.39, 0.29) is 5.88 Å². The van der Waals surface area contributed by atoms with E-state index in [1.807, 2.05) is 20.8 Å². The Hall–Kier alpha value is -1.47. The number of allylic oxidation sites excluding steroid dienone is 2. The topological polar surface area (TPSA) is 44.7 Å². The molecule has 7 heteroatoms. The first-order valence-electron chi connectivity index (χ1n) is 7.37. The van der Waals surface area contributed by atoms with Gasteiger partial charge in [0.25, 0.3) is 0 Å². The van der Waals surface area contributed by atoms with E-state index in [0.717, 1.165) is 12.5 Å². The number of aliphatic hydroxyl groups excluding tert-OH is 1. The van der Waals surface area contributed by atoms with Gasteiger partial charge in [0.2, 0.25) is 5.88 Å². The van der Waals surface area contributed by atoms with Crippen molar-refractivity contribution in [1.82, 2.24) is 10.4 Å². The molecule has 22 heavy (non-hydrogen) atoms. The molecular weight excluding hydrogens is 297 g/mol. The summed E-state index contributed by atoms with van der Waals surface area (Å²) in [6.07, 6.45) is 0.240. The number of nitrogens with one attached hydrogen (secondary N) is 1. The van der Waals surface area contributed by atoms with E-state index < -0.39 is 18.3 Å². The zero-order chi connectivity index (χ0) is 16.9. The van der Waals surface area contributed by atoms with E-state index in [9.17, 15) is 18.3 Å². The summed E-state index contributed by atoms with van der Waals surface area (Å²) in [6.45, 7) is 5.90. The molecule has 0 aromatic carbocycles. The second-order valence-corrected chi connectivity index (χ2v) is 4.67. The summed E-state index contributed by atoms with van der Waals surface area (Å²) in [7, 11) is 1.38. The van der Waals surface area contributed by atoms with Gasteiger partial charge in [0.15, 0.2) is 0 Å². The number of alkyl halides is 3. The zero-order valence-electron chi connectivity index (χ0n) is 13.2. The number of rotatable bonds is 4. The number of hydrogen-bond donors (Lipinski definition) is 2. The van der Waals surface area contributed by atoms with Crippen LogP contribution < -0.4 is 5.43 Å². The second-order valence-electron chi connectivity index (χ2n) is 4.67. The van der Waals surface area contributed by atoms with Gasteiger partial charge >= 0.3 is 6.18 Å². The Morgan fingerprint density at radius 2 is 2.00 bits per heavy atom. The van der Waals surface area contributed by atoms with Crippen molar-refractivity contribution in [1.29, 1.82) is 0 Å². The molecule has 0 spiro atoms. The quantitative estimate of drug-likeness (QED) is 0.835. The third kappa shape index (κ3) is 3.84. The molecule has 2 aliphatic heterocycles. The van der Waals surface area contributed by atoms with Crippen LogP contribution in [0.3, 0.4) is 0 Å². The van der Waals surface area contributed by atoms with Crippen LogP contribution in [0.1, 0.15) is 33.6 Å². The van der Waals surface area contributed by atoms with E-state index in [1.54, 1.807) is 6.08 Å². The Bertz CT molecular complexity index is 470. The minimum atomic E-state index is -4.40. The first kappa shape index (κ1) is 18.6. The summed E-state index contributed by atoms with van der Waals surface area (Å²) in [5.41, 5.74) is 3.09.